The first-order valence-corrected chi connectivity index (χ1v) is 6.64. The van der Waals surface area contributed by atoms with Crippen LogP contribution in [-0.4, -0.2) is 23.9 Å². The summed E-state index contributed by atoms with van der Waals surface area (Å²) in [6.45, 7) is 0. The minimum Gasteiger partial charge on any atom is -1.00 e. The Balaban J connectivity index is 0.000000372. The van der Waals surface area contributed by atoms with Crippen molar-refractivity contribution in [1.29, 1.82) is 0 Å². The molecule has 3 heteroatoms. The second-order valence-electron chi connectivity index (χ2n) is 4.51. The van der Waals surface area contributed by atoms with Crippen LogP contribution < -0.4 is 24.8 Å². The van der Waals surface area contributed by atoms with Gasteiger partial charge in [0.15, 0.2) is 0 Å². The molecule has 0 amide bonds. The first-order valence-electron chi connectivity index (χ1n) is 6.64. The number of hydrogen-bond acceptors (Lipinski definition) is 0. The Hall–Kier alpha value is -1.22. The van der Waals surface area contributed by atoms with Crippen molar-refractivity contribution in [2.45, 2.75) is 0 Å². The molecular weight excluding hydrogens is 430 g/mol. The van der Waals surface area contributed by atoms with E-state index >= 15 is 0 Å². The quantitative estimate of drug-likeness (QED) is 0.303. The van der Waals surface area contributed by atoms with Gasteiger partial charge in [0.05, 0.1) is 0 Å². The molecule has 0 saturated carbocycles. The fourth-order valence-electron chi connectivity index (χ4n) is 2.13. The maximum atomic E-state index is 3.15. The van der Waals surface area contributed by atoms with Crippen LogP contribution in [0.25, 0.3) is 21.5 Å². The molecule has 0 N–H and O–H groups in total. The van der Waals surface area contributed by atoms with E-state index in [1.807, 2.05) is 48.5 Å². The largest absolute Gasteiger partial charge is 2.00 e. The van der Waals surface area contributed by atoms with Gasteiger partial charge in [-0.3, -0.25) is 0 Å². The van der Waals surface area contributed by atoms with Crippen LogP contribution in [0.1, 0.15) is 0 Å². The Morgan fingerprint density at radius 1 is 0.478 bits per heavy atom. The zero-order valence-corrected chi connectivity index (χ0v) is 16.7. The zero-order chi connectivity index (χ0) is 13.6. The molecule has 0 unspecified atom stereocenters. The number of hydrogen-bond donors (Lipinski definition) is 0. The second kappa shape index (κ2) is 11.3. The van der Waals surface area contributed by atoms with E-state index in [1.54, 1.807) is 0 Å². The summed E-state index contributed by atoms with van der Waals surface area (Å²) in [5.74, 6) is 0. The van der Waals surface area contributed by atoms with Crippen LogP contribution in [0.3, 0.4) is 0 Å². The fourth-order valence-corrected chi connectivity index (χ4v) is 2.13. The Labute approximate surface area is 166 Å². The molecule has 0 atom stereocenters. The van der Waals surface area contributed by atoms with Gasteiger partial charge >= 0.3 is 23.9 Å². The molecule has 0 aliphatic carbocycles. The summed E-state index contributed by atoms with van der Waals surface area (Å²) in [6, 6.07) is 34.8. The summed E-state index contributed by atoms with van der Waals surface area (Å²) < 4.78 is 0. The smallest absolute Gasteiger partial charge is 1.00 e. The predicted molar refractivity (Wildman–Crippen MR) is 91.3 cm³/mol. The van der Waals surface area contributed by atoms with E-state index in [-0.39, 0.29) is 48.7 Å². The molecule has 23 heavy (non-hydrogen) atoms. The summed E-state index contributed by atoms with van der Waals surface area (Å²) in [7, 11) is 0. The molecule has 4 aromatic carbocycles. The number of fused-ring (bicyclic) bond motifs is 2. The van der Waals surface area contributed by atoms with E-state index in [4.69, 9.17) is 0 Å². The minimum absolute atomic E-state index is 0. The van der Waals surface area contributed by atoms with Gasteiger partial charge in [-0.15, -0.1) is 0 Å². The Kier molecular flexibility index (Phi) is 10.7. The maximum Gasteiger partial charge on any atom is 2.00 e. The van der Waals surface area contributed by atoms with Crippen molar-refractivity contribution in [3.05, 3.63) is 97.1 Å². The van der Waals surface area contributed by atoms with E-state index in [0.29, 0.717) is 0 Å². The monoisotopic (exact) mass is 444 g/mol. The van der Waals surface area contributed by atoms with Crippen molar-refractivity contribution in [3.8, 4) is 0 Å². The van der Waals surface area contributed by atoms with Crippen molar-refractivity contribution in [3.63, 3.8) is 0 Å². The molecule has 0 heterocycles. The first-order chi connectivity index (χ1) is 9.93. The van der Waals surface area contributed by atoms with Gasteiger partial charge in [-0.1, -0.05) is 84.9 Å². The standard InChI is InChI=1S/2C10H7.2ClH.Sn/c2*1-2-6-10-8-4-3-7-9(10)5-1;;;/h2*1-7H;2*1H;/q;;;;+2/p-2. The van der Waals surface area contributed by atoms with Crippen LogP contribution in [0.2, 0.25) is 0 Å². The van der Waals surface area contributed by atoms with Gasteiger partial charge < -0.3 is 24.8 Å². The van der Waals surface area contributed by atoms with Crippen molar-refractivity contribution >= 4 is 45.5 Å². The molecule has 0 bridgehead atoms. The molecule has 4 radical (unpaired) electrons. The van der Waals surface area contributed by atoms with Gasteiger partial charge in [-0.05, 0) is 33.7 Å². The fraction of sp³-hybridized carbons (Fsp3) is 0. The van der Waals surface area contributed by atoms with Crippen molar-refractivity contribution < 1.29 is 24.8 Å². The van der Waals surface area contributed by atoms with Gasteiger partial charge in [-0.25, -0.2) is 0 Å². The average molecular weight is 444 g/mol. The van der Waals surface area contributed by atoms with Gasteiger partial charge in [-0.2, -0.15) is 0 Å². The molecule has 0 fully saturated rings. The Morgan fingerprint density at radius 3 is 1.22 bits per heavy atom. The Bertz CT molecular complexity index is 629. The van der Waals surface area contributed by atoms with Crippen LogP contribution in [0.5, 0.6) is 0 Å². The third-order valence-electron chi connectivity index (χ3n) is 3.14. The second-order valence-corrected chi connectivity index (χ2v) is 4.51. The van der Waals surface area contributed by atoms with E-state index in [0.717, 1.165) is 0 Å². The van der Waals surface area contributed by atoms with E-state index in [2.05, 4.69) is 48.5 Å². The number of rotatable bonds is 0. The van der Waals surface area contributed by atoms with Crippen LogP contribution >= 0.6 is 0 Å². The van der Waals surface area contributed by atoms with Crippen LogP contribution in [-0.2, 0) is 0 Å². The molecule has 4 rings (SSSR count). The van der Waals surface area contributed by atoms with E-state index in [9.17, 15) is 0 Å². The SMILES string of the molecule is [Cl-].[Cl-].[Sn+2].[c]1cccc2ccccc12.[c]1cccc2ccccc12. The summed E-state index contributed by atoms with van der Waals surface area (Å²) >= 11 is 0. The van der Waals surface area contributed by atoms with E-state index < -0.39 is 0 Å². The molecule has 0 aliphatic heterocycles. The third-order valence-corrected chi connectivity index (χ3v) is 3.14. The molecule has 0 spiro atoms. The normalized spacial score (nSPS) is 8.70. The number of halogens is 2. The summed E-state index contributed by atoms with van der Waals surface area (Å²) in [4.78, 5) is 0. The van der Waals surface area contributed by atoms with Crippen LogP contribution in [0.15, 0.2) is 84.9 Å². The molecule has 0 saturated heterocycles. The molecular formula is C20H14Cl2Sn. The van der Waals surface area contributed by atoms with Gasteiger partial charge in [0, 0.05) is 0 Å². The average Bonchev–Trinajstić information content (AvgIpc) is 2.56. The number of benzene rings is 4. The van der Waals surface area contributed by atoms with Crippen molar-refractivity contribution in [2.24, 2.45) is 0 Å². The Morgan fingerprint density at radius 2 is 0.826 bits per heavy atom. The summed E-state index contributed by atoms with van der Waals surface area (Å²) in [5.41, 5.74) is 0. The summed E-state index contributed by atoms with van der Waals surface area (Å²) in [5, 5.41) is 4.88. The minimum atomic E-state index is 0. The molecule has 4 aromatic rings. The predicted octanol–water partition coefficient (Wildman–Crippen LogP) is -1.09. The van der Waals surface area contributed by atoms with Crippen LogP contribution in [0, 0.1) is 12.1 Å². The van der Waals surface area contributed by atoms with Crippen molar-refractivity contribution in [1.82, 2.24) is 0 Å². The van der Waals surface area contributed by atoms with Crippen LogP contribution in [0.4, 0.5) is 0 Å². The zero-order valence-electron chi connectivity index (χ0n) is 12.3. The van der Waals surface area contributed by atoms with Gasteiger partial charge in [0.1, 0.15) is 0 Å². The molecule has 0 aromatic heterocycles. The van der Waals surface area contributed by atoms with E-state index in [1.165, 1.54) is 21.5 Å². The topological polar surface area (TPSA) is 0 Å². The third kappa shape index (κ3) is 6.06. The molecule has 0 aliphatic rings. The van der Waals surface area contributed by atoms with Crippen molar-refractivity contribution in [2.75, 3.05) is 0 Å². The van der Waals surface area contributed by atoms with Gasteiger partial charge in [0.2, 0.25) is 0 Å². The van der Waals surface area contributed by atoms with Gasteiger partial charge in [0.25, 0.3) is 0 Å². The molecule has 112 valence electrons. The summed E-state index contributed by atoms with van der Waals surface area (Å²) in [6.07, 6.45) is 0. The maximum absolute atomic E-state index is 3.15. The first kappa shape index (κ1) is 21.8. The molecule has 0 nitrogen and oxygen atoms in total.